The first-order valence-corrected chi connectivity index (χ1v) is 10.3. The standard InChI is InChI=1S/C25H23OP/c1-14-6-8-16-18-12-23-19(13-22(18)24(2,3)20(16)10-14)17-9-7-15(27-26)11-21(17)25(23,4)5/h6-13H,1-5H3. The zero-order chi connectivity index (χ0) is 19.1. The summed E-state index contributed by atoms with van der Waals surface area (Å²) in [4.78, 5) is 0. The van der Waals surface area contributed by atoms with Crippen LogP contribution in [0.5, 0.6) is 0 Å². The maximum Gasteiger partial charge on any atom is 0.192 e. The van der Waals surface area contributed by atoms with Crippen LogP contribution in [0.2, 0.25) is 0 Å². The van der Waals surface area contributed by atoms with Crippen molar-refractivity contribution < 1.29 is 4.57 Å². The second-order valence-corrected chi connectivity index (χ2v) is 9.76. The van der Waals surface area contributed by atoms with E-state index < -0.39 is 0 Å². The third kappa shape index (κ3) is 2.07. The van der Waals surface area contributed by atoms with Crippen LogP contribution in [0, 0.1) is 6.92 Å². The first-order chi connectivity index (χ1) is 12.7. The minimum atomic E-state index is -0.0853. The molecule has 0 saturated heterocycles. The average molecular weight is 370 g/mol. The van der Waals surface area contributed by atoms with Crippen molar-refractivity contribution in [3.05, 3.63) is 76.3 Å². The second kappa shape index (κ2) is 5.18. The SMILES string of the molecule is Cc1ccc2c(c1)C(C)(C)c1cc3c(cc1-2)C(C)(C)c1cc(P=O)ccc1-3. The summed E-state index contributed by atoms with van der Waals surface area (Å²) < 4.78 is 11.4. The molecule has 0 unspecified atom stereocenters. The fraction of sp³-hybridized carbons (Fsp3) is 0.280. The van der Waals surface area contributed by atoms with Crippen LogP contribution in [-0.4, -0.2) is 0 Å². The van der Waals surface area contributed by atoms with Crippen molar-refractivity contribution in [2.24, 2.45) is 0 Å². The van der Waals surface area contributed by atoms with E-state index in [2.05, 4.69) is 77.1 Å². The molecular weight excluding hydrogens is 347 g/mol. The van der Waals surface area contributed by atoms with Gasteiger partial charge in [0.25, 0.3) is 0 Å². The van der Waals surface area contributed by atoms with Gasteiger partial charge in [-0.25, -0.2) is 0 Å². The first kappa shape index (κ1) is 16.9. The average Bonchev–Trinajstić information content (AvgIpc) is 3.00. The van der Waals surface area contributed by atoms with Gasteiger partial charge in [0.05, 0.1) is 0 Å². The van der Waals surface area contributed by atoms with Gasteiger partial charge in [-0.15, -0.1) is 0 Å². The number of fused-ring (bicyclic) bond motifs is 6. The summed E-state index contributed by atoms with van der Waals surface area (Å²) in [5.41, 5.74) is 12.1. The largest absolute Gasteiger partial charge is 0.269 e. The second-order valence-electron chi connectivity index (χ2n) is 9.06. The first-order valence-electron chi connectivity index (χ1n) is 9.54. The molecule has 27 heavy (non-hydrogen) atoms. The molecular formula is C25H23OP. The lowest BCUT2D eigenvalue weighted by Crippen LogP contribution is -2.17. The fourth-order valence-corrected chi connectivity index (χ4v) is 5.44. The monoisotopic (exact) mass is 370 g/mol. The van der Waals surface area contributed by atoms with Crippen molar-refractivity contribution in [1.29, 1.82) is 0 Å². The van der Waals surface area contributed by atoms with Crippen LogP contribution in [0.25, 0.3) is 22.3 Å². The molecule has 0 aliphatic heterocycles. The van der Waals surface area contributed by atoms with Gasteiger partial charge in [0.1, 0.15) is 0 Å². The van der Waals surface area contributed by atoms with Gasteiger partial charge < -0.3 is 0 Å². The third-order valence-electron chi connectivity index (χ3n) is 6.72. The molecule has 3 aromatic carbocycles. The van der Waals surface area contributed by atoms with Crippen LogP contribution >= 0.6 is 8.46 Å². The molecule has 0 saturated carbocycles. The molecule has 0 heterocycles. The number of hydrogen-bond acceptors (Lipinski definition) is 1. The van der Waals surface area contributed by atoms with Crippen LogP contribution < -0.4 is 5.30 Å². The van der Waals surface area contributed by atoms with Crippen molar-refractivity contribution in [2.75, 3.05) is 0 Å². The molecule has 1 nitrogen and oxygen atoms in total. The summed E-state index contributed by atoms with van der Waals surface area (Å²) in [7, 11) is 0.0882. The van der Waals surface area contributed by atoms with E-state index >= 15 is 0 Å². The fourth-order valence-electron chi connectivity index (χ4n) is 5.12. The predicted molar refractivity (Wildman–Crippen MR) is 114 cm³/mol. The van der Waals surface area contributed by atoms with Crippen LogP contribution in [0.4, 0.5) is 0 Å². The van der Waals surface area contributed by atoms with Crippen molar-refractivity contribution in [1.82, 2.24) is 0 Å². The summed E-state index contributed by atoms with van der Waals surface area (Å²) in [6, 6.07) is 17.9. The van der Waals surface area contributed by atoms with E-state index in [0.29, 0.717) is 0 Å². The smallest absolute Gasteiger partial charge is 0.192 e. The minimum absolute atomic E-state index is 0.00614. The zero-order valence-electron chi connectivity index (χ0n) is 16.5. The van der Waals surface area contributed by atoms with E-state index in [4.69, 9.17) is 0 Å². The Morgan fingerprint density at radius 2 is 1.11 bits per heavy atom. The maximum absolute atomic E-state index is 11.4. The van der Waals surface area contributed by atoms with Crippen molar-refractivity contribution >= 4 is 13.8 Å². The van der Waals surface area contributed by atoms with E-state index in [1.807, 2.05) is 6.07 Å². The molecule has 0 aromatic heterocycles. The van der Waals surface area contributed by atoms with Gasteiger partial charge in [-0.05, 0) is 75.7 Å². The van der Waals surface area contributed by atoms with Crippen LogP contribution in [-0.2, 0) is 15.4 Å². The maximum atomic E-state index is 11.4. The Hall–Kier alpha value is -2.24. The molecule has 0 spiro atoms. The summed E-state index contributed by atoms with van der Waals surface area (Å²) in [5.74, 6) is 0. The predicted octanol–water partition coefficient (Wildman–Crippen LogP) is 6.52. The summed E-state index contributed by atoms with van der Waals surface area (Å²) in [5, 5.41) is 0.850. The summed E-state index contributed by atoms with van der Waals surface area (Å²) in [6.07, 6.45) is 0. The molecule has 5 rings (SSSR count). The van der Waals surface area contributed by atoms with Crippen molar-refractivity contribution in [3.8, 4) is 22.3 Å². The van der Waals surface area contributed by atoms with E-state index in [0.717, 1.165) is 5.30 Å². The Morgan fingerprint density at radius 1 is 0.630 bits per heavy atom. The highest BCUT2D eigenvalue weighted by Crippen LogP contribution is 2.55. The highest BCUT2D eigenvalue weighted by atomic mass is 31.1. The van der Waals surface area contributed by atoms with Gasteiger partial charge in [0.2, 0.25) is 0 Å². The highest BCUT2D eigenvalue weighted by Gasteiger charge is 2.41. The lowest BCUT2D eigenvalue weighted by molar-refractivity contribution is 0.603. The van der Waals surface area contributed by atoms with E-state index in [9.17, 15) is 4.57 Å². The van der Waals surface area contributed by atoms with Gasteiger partial charge in [-0.1, -0.05) is 57.5 Å². The quantitative estimate of drug-likeness (QED) is 0.445. The Bertz CT molecular complexity index is 1150. The molecule has 3 aromatic rings. The molecule has 2 aliphatic rings. The van der Waals surface area contributed by atoms with E-state index in [1.54, 1.807) is 0 Å². The molecule has 0 N–H and O–H groups in total. The van der Waals surface area contributed by atoms with Gasteiger partial charge in [0.15, 0.2) is 8.46 Å². The molecule has 0 radical (unpaired) electrons. The zero-order valence-corrected chi connectivity index (χ0v) is 17.4. The molecule has 0 bridgehead atoms. The molecule has 2 heteroatoms. The van der Waals surface area contributed by atoms with Crippen LogP contribution in [0.15, 0.2) is 48.5 Å². The lowest BCUT2D eigenvalue weighted by Gasteiger charge is -2.24. The number of hydrogen-bond donors (Lipinski definition) is 0. The summed E-state index contributed by atoms with van der Waals surface area (Å²) in [6.45, 7) is 11.4. The van der Waals surface area contributed by atoms with Crippen molar-refractivity contribution in [2.45, 2.75) is 45.4 Å². The number of benzene rings is 3. The molecule has 134 valence electrons. The van der Waals surface area contributed by atoms with Crippen molar-refractivity contribution in [3.63, 3.8) is 0 Å². The third-order valence-corrected chi connectivity index (χ3v) is 7.20. The Labute approximate surface area is 162 Å². The molecule has 0 atom stereocenters. The Morgan fingerprint density at radius 3 is 1.67 bits per heavy atom. The lowest BCUT2D eigenvalue weighted by atomic mass is 9.79. The normalized spacial score (nSPS) is 17.4. The Kier molecular flexibility index (Phi) is 3.24. The molecule has 0 amide bonds. The number of rotatable bonds is 1. The van der Waals surface area contributed by atoms with Gasteiger partial charge in [-0.2, -0.15) is 0 Å². The van der Waals surface area contributed by atoms with Crippen LogP contribution in [0.1, 0.15) is 55.5 Å². The topological polar surface area (TPSA) is 17.1 Å². The minimum Gasteiger partial charge on any atom is -0.269 e. The summed E-state index contributed by atoms with van der Waals surface area (Å²) >= 11 is 0. The molecule has 0 fully saturated rings. The number of aryl methyl sites for hydroxylation is 1. The van der Waals surface area contributed by atoms with Gasteiger partial charge in [-0.3, -0.25) is 4.57 Å². The van der Waals surface area contributed by atoms with Gasteiger partial charge >= 0.3 is 0 Å². The van der Waals surface area contributed by atoms with Gasteiger partial charge in [0, 0.05) is 16.1 Å². The highest BCUT2D eigenvalue weighted by molar-refractivity contribution is 7.34. The van der Waals surface area contributed by atoms with Crippen LogP contribution in [0.3, 0.4) is 0 Å². The van der Waals surface area contributed by atoms with E-state index in [-0.39, 0.29) is 19.3 Å². The van der Waals surface area contributed by atoms with E-state index in [1.165, 1.54) is 50.1 Å². The Balaban J connectivity index is 1.82. The molecule has 2 aliphatic carbocycles.